The van der Waals surface area contributed by atoms with Gasteiger partial charge in [0.15, 0.2) is 0 Å². The summed E-state index contributed by atoms with van der Waals surface area (Å²) in [6.45, 7) is 0.0189. The third kappa shape index (κ3) is 5.63. The molecule has 5 nitrogen and oxygen atoms in total. The normalized spacial score (nSPS) is 16.8. The minimum atomic E-state index is -0.843. The van der Waals surface area contributed by atoms with E-state index < -0.39 is 17.6 Å². The molecule has 0 bridgehead atoms. The summed E-state index contributed by atoms with van der Waals surface area (Å²) >= 11 is 0. The topological polar surface area (TPSA) is 75.6 Å². The number of methoxy groups -OCH3 is 1. The van der Waals surface area contributed by atoms with Gasteiger partial charge in [0, 0.05) is 18.0 Å². The molecule has 1 saturated carbocycles. The average molecular weight is 478 g/mol. The summed E-state index contributed by atoms with van der Waals surface area (Å²) in [5, 5.41) is 11.9. The number of carbonyl (C=O) groups excluding carboxylic acids is 2. The summed E-state index contributed by atoms with van der Waals surface area (Å²) in [4.78, 5) is 24.5. The zero-order chi connectivity index (χ0) is 24.9. The number of allylic oxidation sites excluding steroid dienone is 1. The lowest BCUT2D eigenvalue weighted by molar-refractivity contribution is -0.122. The van der Waals surface area contributed by atoms with Crippen LogP contribution in [0.1, 0.15) is 33.5 Å². The van der Waals surface area contributed by atoms with Crippen molar-refractivity contribution in [1.82, 2.24) is 5.32 Å². The van der Waals surface area contributed by atoms with Crippen molar-refractivity contribution in [3.05, 3.63) is 101 Å². The smallest absolute Gasteiger partial charge is 0.341 e. The van der Waals surface area contributed by atoms with Crippen LogP contribution < -0.4 is 5.32 Å². The van der Waals surface area contributed by atoms with E-state index in [0.717, 1.165) is 30.7 Å². The Morgan fingerprint density at radius 2 is 1.86 bits per heavy atom. The van der Waals surface area contributed by atoms with E-state index in [2.05, 4.69) is 10.1 Å². The summed E-state index contributed by atoms with van der Waals surface area (Å²) in [5.41, 5.74) is 2.42. The number of aliphatic hydroxyl groups excluding tert-OH is 1. The van der Waals surface area contributed by atoms with Gasteiger partial charge < -0.3 is 15.2 Å². The predicted octanol–water partition coefficient (Wildman–Crippen LogP) is 4.88. The number of aliphatic hydroxyl groups is 1. The van der Waals surface area contributed by atoms with E-state index in [9.17, 15) is 18.4 Å². The van der Waals surface area contributed by atoms with E-state index >= 15 is 0 Å². The molecule has 4 rings (SSSR count). The van der Waals surface area contributed by atoms with Crippen molar-refractivity contribution in [2.45, 2.75) is 19.6 Å². The quantitative estimate of drug-likeness (QED) is 0.454. The van der Waals surface area contributed by atoms with Crippen molar-refractivity contribution in [3.63, 3.8) is 0 Å². The first kappa shape index (κ1) is 24.3. The standard InChI is InChI=1S/C28H25F2NO4/c1-35-28(34)26-22(3-2-4-24(26)29)20-11-12-21(25(30)14-20)15-31-27(33)23-13-19(23)10-9-17-5-7-18(16-32)8-6-17/h2-12,14,19,23,32H,13,15-16H2,1H3,(H,31,33)/b10-9-. The maximum Gasteiger partial charge on any atom is 0.341 e. The van der Waals surface area contributed by atoms with Gasteiger partial charge in [0.05, 0.1) is 13.7 Å². The van der Waals surface area contributed by atoms with Crippen LogP contribution in [-0.2, 0) is 22.7 Å². The average Bonchev–Trinajstić information content (AvgIpc) is 3.66. The van der Waals surface area contributed by atoms with Crippen molar-refractivity contribution in [2.24, 2.45) is 11.8 Å². The minimum absolute atomic E-state index is 0.00246. The molecule has 0 aliphatic heterocycles. The highest BCUT2D eigenvalue weighted by Gasteiger charge is 2.40. The highest BCUT2D eigenvalue weighted by Crippen LogP contribution is 2.40. The molecule has 1 fully saturated rings. The molecule has 0 radical (unpaired) electrons. The van der Waals surface area contributed by atoms with Crippen LogP contribution >= 0.6 is 0 Å². The highest BCUT2D eigenvalue weighted by molar-refractivity contribution is 5.97. The number of esters is 1. The second-order valence-electron chi connectivity index (χ2n) is 8.44. The van der Waals surface area contributed by atoms with Gasteiger partial charge in [0.25, 0.3) is 0 Å². The molecule has 2 atom stereocenters. The number of carbonyl (C=O) groups is 2. The Labute approximate surface area is 202 Å². The van der Waals surface area contributed by atoms with Gasteiger partial charge in [-0.15, -0.1) is 0 Å². The Morgan fingerprint density at radius 1 is 1.09 bits per heavy atom. The molecule has 180 valence electrons. The lowest BCUT2D eigenvalue weighted by Crippen LogP contribution is -2.25. The van der Waals surface area contributed by atoms with Crippen LogP contribution in [0.25, 0.3) is 17.2 Å². The second-order valence-corrected chi connectivity index (χ2v) is 8.44. The number of hydrogen-bond acceptors (Lipinski definition) is 4. The Hall–Kier alpha value is -3.84. The van der Waals surface area contributed by atoms with E-state index in [-0.39, 0.29) is 47.6 Å². The molecule has 0 saturated heterocycles. The van der Waals surface area contributed by atoms with Gasteiger partial charge in [-0.2, -0.15) is 0 Å². The third-order valence-electron chi connectivity index (χ3n) is 6.09. The SMILES string of the molecule is COC(=O)c1c(F)cccc1-c1ccc(CNC(=O)C2CC2/C=C\c2ccc(CO)cc2)c(F)c1. The molecule has 0 heterocycles. The molecular formula is C28H25F2NO4. The molecule has 7 heteroatoms. The maximum atomic E-state index is 14.8. The van der Waals surface area contributed by atoms with Crippen molar-refractivity contribution >= 4 is 18.0 Å². The molecule has 3 aromatic carbocycles. The largest absolute Gasteiger partial charge is 0.465 e. The van der Waals surface area contributed by atoms with E-state index in [1.807, 2.05) is 36.4 Å². The summed E-state index contributed by atoms with van der Waals surface area (Å²) in [7, 11) is 1.15. The molecule has 1 amide bonds. The minimum Gasteiger partial charge on any atom is -0.465 e. The van der Waals surface area contributed by atoms with E-state index in [0.29, 0.717) is 5.56 Å². The fourth-order valence-corrected chi connectivity index (χ4v) is 3.94. The summed E-state index contributed by atoms with van der Waals surface area (Å²) in [6.07, 6.45) is 4.67. The molecule has 35 heavy (non-hydrogen) atoms. The van der Waals surface area contributed by atoms with Gasteiger partial charge in [-0.1, -0.05) is 60.7 Å². The number of ether oxygens (including phenoxy) is 1. The Bertz CT molecular complexity index is 1270. The predicted molar refractivity (Wildman–Crippen MR) is 128 cm³/mol. The summed E-state index contributed by atoms with van der Waals surface area (Å²) in [6, 6.07) is 15.9. The Morgan fingerprint density at radius 3 is 2.54 bits per heavy atom. The van der Waals surface area contributed by atoms with E-state index in [1.165, 1.54) is 24.3 Å². The number of benzene rings is 3. The van der Waals surface area contributed by atoms with Crippen LogP contribution in [0.4, 0.5) is 8.78 Å². The van der Waals surface area contributed by atoms with Crippen LogP contribution in [0.15, 0.2) is 66.7 Å². The van der Waals surface area contributed by atoms with Crippen LogP contribution in [0.5, 0.6) is 0 Å². The second kappa shape index (κ2) is 10.6. The molecule has 2 unspecified atom stereocenters. The van der Waals surface area contributed by atoms with Crippen molar-refractivity contribution in [3.8, 4) is 11.1 Å². The van der Waals surface area contributed by atoms with Crippen LogP contribution in [0.3, 0.4) is 0 Å². The molecule has 0 aromatic heterocycles. The molecule has 1 aliphatic carbocycles. The number of amides is 1. The highest BCUT2D eigenvalue weighted by atomic mass is 19.1. The van der Waals surface area contributed by atoms with Crippen molar-refractivity contribution < 1.29 is 28.2 Å². The lowest BCUT2D eigenvalue weighted by atomic mass is 9.98. The zero-order valence-corrected chi connectivity index (χ0v) is 19.1. The fraction of sp³-hybridized carbons (Fsp3) is 0.214. The fourth-order valence-electron chi connectivity index (χ4n) is 3.94. The van der Waals surface area contributed by atoms with Gasteiger partial charge in [0.2, 0.25) is 5.91 Å². The van der Waals surface area contributed by atoms with Gasteiger partial charge in [-0.25, -0.2) is 13.6 Å². The van der Waals surface area contributed by atoms with Crippen LogP contribution in [0, 0.1) is 23.5 Å². The van der Waals surface area contributed by atoms with Gasteiger partial charge >= 0.3 is 5.97 Å². The zero-order valence-electron chi connectivity index (χ0n) is 19.1. The number of halogens is 2. The molecule has 0 spiro atoms. The Kier molecular flexibility index (Phi) is 7.36. The van der Waals surface area contributed by atoms with E-state index in [1.54, 1.807) is 6.07 Å². The van der Waals surface area contributed by atoms with Crippen molar-refractivity contribution in [2.75, 3.05) is 7.11 Å². The molecule has 2 N–H and O–H groups in total. The lowest BCUT2D eigenvalue weighted by Gasteiger charge is -2.11. The first-order valence-corrected chi connectivity index (χ1v) is 11.2. The number of rotatable bonds is 8. The third-order valence-corrected chi connectivity index (χ3v) is 6.09. The van der Waals surface area contributed by atoms with Gasteiger partial charge in [-0.3, -0.25) is 4.79 Å². The molecular weight excluding hydrogens is 452 g/mol. The Balaban J connectivity index is 1.36. The number of hydrogen-bond donors (Lipinski definition) is 2. The number of nitrogens with one attached hydrogen (secondary N) is 1. The van der Waals surface area contributed by atoms with Crippen LogP contribution in [0.2, 0.25) is 0 Å². The van der Waals surface area contributed by atoms with Crippen LogP contribution in [-0.4, -0.2) is 24.1 Å². The first-order chi connectivity index (χ1) is 16.9. The monoisotopic (exact) mass is 477 g/mol. The van der Waals surface area contributed by atoms with Crippen molar-refractivity contribution in [1.29, 1.82) is 0 Å². The van der Waals surface area contributed by atoms with Gasteiger partial charge in [0.1, 0.15) is 17.2 Å². The van der Waals surface area contributed by atoms with Gasteiger partial charge in [-0.05, 0) is 46.7 Å². The maximum absolute atomic E-state index is 14.8. The summed E-state index contributed by atoms with van der Waals surface area (Å²) in [5.74, 6) is -2.32. The molecule has 1 aliphatic rings. The summed E-state index contributed by atoms with van der Waals surface area (Å²) < 4.78 is 33.6. The molecule has 3 aromatic rings. The first-order valence-electron chi connectivity index (χ1n) is 11.2. The van der Waals surface area contributed by atoms with E-state index in [4.69, 9.17) is 5.11 Å².